The molecule has 0 unspecified atom stereocenters. The predicted molar refractivity (Wildman–Crippen MR) is 53.9 cm³/mol. The van der Waals surface area contributed by atoms with E-state index in [0.29, 0.717) is 0 Å². The Morgan fingerprint density at radius 3 is 2.25 bits per heavy atom. The monoisotopic (exact) mass is 166 g/mol. The van der Waals surface area contributed by atoms with Crippen LogP contribution in [0.25, 0.3) is 0 Å². The molecule has 0 saturated carbocycles. The number of hydrogen-bond acceptors (Lipinski definition) is 1. The van der Waals surface area contributed by atoms with Gasteiger partial charge in [-0.1, -0.05) is 18.7 Å². The molecule has 0 bridgehead atoms. The van der Waals surface area contributed by atoms with Crippen LogP contribution in [0.2, 0.25) is 0 Å². The maximum absolute atomic E-state index is 5.56. The average molecular weight is 166 g/mol. The molecule has 0 heterocycles. The Kier molecular flexibility index (Phi) is 5.18. The van der Waals surface area contributed by atoms with Crippen molar-refractivity contribution < 1.29 is 4.74 Å². The third-order valence-corrected chi connectivity index (χ3v) is 1.24. The summed E-state index contributed by atoms with van der Waals surface area (Å²) in [6.45, 7) is 11.7. The van der Waals surface area contributed by atoms with E-state index in [1.807, 2.05) is 39.8 Å². The molecule has 0 spiro atoms. The van der Waals surface area contributed by atoms with E-state index in [1.54, 1.807) is 6.08 Å². The molecular formula is C11H18O. The molecule has 0 rings (SSSR count). The first-order valence-corrected chi connectivity index (χ1v) is 4.21. The van der Waals surface area contributed by atoms with Crippen molar-refractivity contribution in [3.8, 4) is 0 Å². The Hall–Kier alpha value is -0.980. The molecular weight excluding hydrogens is 148 g/mol. The third kappa shape index (κ3) is 4.78. The van der Waals surface area contributed by atoms with Crippen LogP contribution in [0.3, 0.4) is 0 Å². The van der Waals surface area contributed by atoms with Gasteiger partial charge in [-0.05, 0) is 39.3 Å². The van der Waals surface area contributed by atoms with Crippen LogP contribution in [0.5, 0.6) is 0 Å². The normalized spacial score (nSPS) is 10.4. The lowest BCUT2D eigenvalue weighted by molar-refractivity contribution is 0.155. The Morgan fingerprint density at radius 2 is 1.92 bits per heavy atom. The maximum Gasteiger partial charge on any atom is 0.118 e. The minimum Gasteiger partial charge on any atom is -0.491 e. The molecule has 0 aromatic rings. The van der Waals surface area contributed by atoms with E-state index in [2.05, 4.69) is 6.58 Å². The smallest absolute Gasteiger partial charge is 0.118 e. The Bertz CT molecular complexity index is 193. The molecule has 0 radical (unpaired) electrons. The van der Waals surface area contributed by atoms with E-state index in [9.17, 15) is 0 Å². The molecule has 0 fully saturated rings. The van der Waals surface area contributed by atoms with Gasteiger partial charge in [-0.3, -0.25) is 0 Å². The summed E-state index contributed by atoms with van der Waals surface area (Å²) in [5.41, 5.74) is 1.18. The van der Waals surface area contributed by atoms with Gasteiger partial charge in [0.15, 0.2) is 0 Å². The van der Waals surface area contributed by atoms with Crippen LogP contribution >= 0.6 is 0 Å². The Labute approximate surface area is 75.4 Å². The number of rotatable bonds is 4. The summed E-state index contributed by atoms with van der Waals surface area (Å²) in [5.74, 6) is 0.935. The molecule has 0 aromatic carbocycles. The van der Waals surface area contributed by atoms with Gasteiger partial charge in [-0.25, -0.2) is 0 Å². The molecule has 12 heavy (non-hydrogen) atoms. The highest BCUT2D eigenvalue weighted by Crippen LogP contribution is 2.09. The fraction of sp³-hybridized carbons (Fsp3) is 0.455. The highest BCUT2D eigenvalue weighted by Gasteiger charge is 1.98. The van der Waals surface area contributed by atoms with Crippen LogP contribution in [0.1, 0.15) is 27.7 Å². The Balaban J connectivity index is 4.36. The van der Waals surface area contributed by atoms with Crippen molar-refractivity contribution in [2.24, 2.45) is 0 Å². The zero-order valence-corrected chi connectivity index (χ0v) is 8.42. The van der Waals surface area contributed by atoms with Crippen molar-refractivity contribution >= 4 is 0 Å². The van der Waals surface area contributed by atoms with Crippen molar-refractivity contribution in [1.82, 2.24) is 0 Å². The van der Waals surface area contributed by atoms with Crippen LogP contribution in [-0.4, -0.2) is 6.10 Å². The fourth-order valence-electron chi connectivity index (χ4n) is 0.733. The summed E-state index contributed by atoms with van der Waals surface area (Å²) in [6, 6.07) is 0. The van der Waals surface area contributed by atoms with Crippen LogP contribution < -0.4 is 0 Å². The van der Waals surface area contributed by atoms with Crippen molar-refractivity contribution in [2.45, 2.75) is 33.8 Å². The van der Waals surface area contributed by atoms with Crippen molar-refractivity contribution in [2.75, 3.05) is 0 Å². The van der Waals surface area contributed by atoms with Gasteiger partial charge < -0.3 is 4.74 Å². The minimum absolute atomic E-state index is 0.226. The van der Waals surface area contributed by atoms with Gasteiger partial charge >= 0.3 is 0 Å². The van der Waals surface area contributed by atoms with Crippen molar-refractivity contribution in [3.63, 3.8) is 0 Å². The van der Waals surface area contributed by atoms with Gasteiger partial charge in [-0.2, -0.15) is 0 Å². The van der Waals surface area contributed by atoms with Gasteiger partial charge in [0.05, 0.1) is 6.10 Å². The standard InChI is InChI=1S/C11H18O/c1-6-7-8-11(9(2)3)12-10(4)5/h6-8,10H,1H2,2-5H3/b8-7-. The number of ether oxygens (including phenoxy) is 1. The molecule has 1 heteroatoms. The van der Waals surface area contributed by atoms with E-state index in [4.69, 9.17) is 4.74 Å². The topological polar surface area (TPSA) is 9.23 Å². The zero-order chi connectivity index (χ0) is 9.56. The molecule has 0 aliphatic heterocycles. The second kappa shape index (κ2) is 5.64. The van der Waals surface area contributed by atoms with E-state index in [1.165, 1.54) is 5.57 Å². The molecule has 68 valence electrons. The van der Waals surface area contributed by atoms with Gasteiger partial charge in [0.2, 0.25) is 0 Å². The van der Waals surface area contributed by atoms with Gasteiger partial charge in [0.1, 0.15) is 5.76 Å². The Morgan fingerprint density at radius 1 is 1.33 bits per heavy atom. The van der Waals surface area contributed by atoms with Crippen LogP contribution in [0.4, 0.5) is 0 Å². The number of hydrogen-bond donors (Lipinski definition) is 0. The SMILES string of the molecule is C=C/C=C\C(OC(C)C)=C(C)C. The van der Waals surface area contributed by atoms with Gasteiger partial charge in [-0.15, -0.1) is 0 Å². The lowest BCUT2D eigenvalue weighted by atomic mass is 10.2. The summed E-state index contributed by atoms with van der Waals surface area (Å²) < 4.78 is 5.56. The highest BCUT2D eigenvalue weighted by molar-refractivity contribution is 5.20. The average Bonchev–Trinajstić information content (AvgIpc) is 1.96. The van der Waals surface area contributed by atoms with Crippen molar-refractivity contribution in [1.29, 1.82) is 0 Å². The van der Waals surface area contributed by atoms with Gasteiger partial charge in [0, 0.05) is 0 Å². The third-order valence-electron chi connectivity index (χ3n) is 1.24. The van der Waals surface area contributed by atoms with E-state index in [0.717, 1.165) is 5.76 Å². The molecule has 0 atom stereocenters. The molecule has 0 saturated heterocycles. The summed E-state index contributed by atoms with van der Waals surface area (Å²) in [6.07, 6.45) is 5.78. The molecule has 0 aromatic heterocycles. The summed E-state index contributed by atoms with van der Waals surface area (Å²) in [7, 11) is 0. The lowest BCUT2D eigenvalue weighted by Crippen LogP contribution is -2.01. The van der Waals surface area contributed by atoms with Crippen LogP contribution in [-0.2, 0) is 4.74 Å². The molecule has 0 amide bonds. The van der Waals surface area contributed by atoms with E-state index < -0.39 is 0 Å². The van der Waals surface area contributed by atoms with E-state index in [-0.39, 0.29) is 6.10 Å². The van der Waals surface area contributed by atoms with Gasteiger partial charge in [0.25, 0.3) is 0 Å². The predicted octanol–water partition coefficient (Wildman–Crippen LogP) is 3.45. The van der Waals surface area contributed by atoms with E-state index >= 15 is 0 Å². The maximum atomic E-state index is 5.56. The first-order valence-electron chi connectivity index (χ1n) is 4.21. The summed E-state index contributed by atoms with van der Waals surface area (Å²) in [4.78, 5) is 0. The lowest BCUT2D eigenvalue weighted by Gasteiger charge is -2.11. The molecule has 0 N–H and O–H groups in total. The van der Waals surface area contributed by atoms with Crippen molar-refractivity contribution in [3.05, 3.63) is 36.1 Å². The zero-order valence-electron chi connectivity index (χ0n) is 8.42. The fourth-order valence-corrected chi connectivity index (χ4v) is 0.733. The number of allylic oxidation sites excluding steroid dienone is 4. The summed E-state index contributed by atoms with van der Waals surface area (Å²) >= 11 is 0. The second-order valence-corrected chi connectivity index (χ2v) is 3.13. The summed E-state index contributed by atoms with van der Waals surface area (Å²) in [5, 5.41) is 0. The first-order chi connectivity index (χ1) is 5.57. The quantitative estimate of drug-likeness (QED) is 0.459. The molecule has 0 aliphatic carbocycles. The van der Waals surface area contributed by atoms with Crippen LogP contribution in [0.15, 0.2) is 36.1 Å². The molecule has 1 nitrogen and oxygen atoms in total. The minimum atomic E-state index is 0.226. The molecule has 0 aliphatic rings. The second-order valence-electron chi connectivity index (χ2n) is 3.13. The van der Waals surface area contributed by atoms with Crippen LogP contribution in [0, 0.1) is 0 Å². The largest absolute Gasteiger partial charge is 0.491 e. The first kappa shape index (κ1) is 11.0. The highest BCUT2D eigenvalue weighted by atomic mass is 16.5.